The van der Waals surface area contributed by atoms with E-state index in [-0.39, 0.29) is 17.7 Å². The molecular weight excluding hydrogens is 338 g/mol. The fraction of sp³-hybridized carbons (Fsp3) is 0.455. The number of aromatic nitrogens is 1. The summed E-state index contributed by atoms with van der Waals surface area (Å²) >= 11 is 0. The zero-order chi connectivity index (χ0) is 19.6. The van der Waals surface area contributed by atoms with Gasteiger partial charge in [-0.15, -0.1) is 6.58 Å². The van der Waals surface area contributed by atoms with Crippen LogP contribution in [-0.2, 0) is 22.6 Å². The number of piperidine rings is 1. The van der Waals surface area contributed by atoms with Gasteiger partial charge in [0.1, 0.15) is 0 Å². The topological polar surface area (TPSA) is 65.2 Å². The Hall–Kier alpha value is -2.56. The van der Waals surface area contributed by atoms with E-state index in [9.17, 15) is 9.59 Å². The molecule has 144 valence electrons. The summed E-state index contributed by atoms with van der Waals surface area (Å²) in [5, 5.41) is 4.32. The van der Waals surface area contributed by atoms with E-state index < -0.39 is 0 Å². The van der Waals surface area contributed by atoms with Gasteiger partial charge in [0.15, 0.2) is 0 Å². The van der Waals surface area contributed by atoms with E-state index >= 15 is 0 Å². The lowest BCUT2D eigenvalue weighted by Crippen LogP contribution is -2.45. The number of carbonyl (C=O) groups excluding carboxylic acids is 2. The second-order valence-corrected chi connectivity index (χ2v) is 7.47. The van der Waals surface area contributed by atoms with Crippen LogP contribution in [0.4, 0.5) is 0 Å². The number of carbonyl (C=O) groups is 2. The Labute approximate surface area is 160 Å². The maximum atomic E-state index is 12.7. The van der Waals surface area contributed by atoms with Crippen LogP contribution in [0.1, 0.15) is 42.1 Å². The van der Waals surface area contributed by atoms with Crippen LogP contribution in [0.25, 0.3) is 10.9 Å². The first-order chi connectivity index (χ1) is 12.9. The van der Waals surface area contributed by atoms with Crippen molar-refractivity contribution < 1.29 is 9.59 Å². The SMILES string of the molecule is C=CCN1C[C@H](C(=O)NCc2cc(C)cc3c(C)c(CC)[nH]c23)CCC1=O. The number of aromatic amines is 1. The van der Waals surface area contributed by atoms with Crippen LogP contribution in [0.2, 0.25) is 0 Å². The predicted octanol–water partition coefficient (Wildman–Crippen LogP) is 3.39. The number of fused-ring (bicyclic) bond motifs is 1. The van der Waals surface area contributed by atoms with Crippen LogP contribution in [0, 0.1) is 19.8 Å². The molecule has 5 heteroatoms. The van der Waals surface area contributed by atoms with Crippen LogP contribution in [0.3, 0.4) is 0 Å². The summed E-state index contributed by atoms with van der Waals surface area (Å²) in [5.41, 5.74) is 5.94. The van der Waals surface area contributed by atoms with E-state index in [1.165, 1.54) is 22.2 Å². The summed E-state index contributed by atoms with van der Waals surface area (Å²) in [6, 6.07) is 4.33. The molecule has 2 aromatic rings. The monoisotopic (exact) mass is 367 g/mol. The van der Waals surface area contributed by atoms with Gasteiger partial charge in [-0.3, -0.25) is 9.59 Å². The van der Waals surface area contributed by atoms with Gasteiger partial charge < -0.3 is 15.2 Å². The number of nitrogens with one attached hydrogen (secondary N) is 2. The van der Waals surface area contributed by atoms with Crippen molar-refractivity contribution in [2.45, 2.75) is 46.6 Å². The second-order valence-electron chi connectivity index (χ2n) is 7.47. The van der Waals surface area contributed by atoms with Gasteiger partial charge in [-0.1, -0.05) is 24.6 Å². The summed E-state index contributed by atoms with van der Waals surface area (Å²) in [6.07, 6.45) is 3.71. The molecule has 5 nitrogen and oxygen atoms in total. The van der Waals surface area contributed by atoms with Crippen LogP contribution in [-0.4, -0.2) is 34.8 Å². The number of benzene rings is 1. The van der Waals surface area contributed by atoms with Crippen molar-refractivity contribution >= 4 is 22.7 Å². The molecule has 0 unspecified atom stereocenters. The molecule has 2 N–H and O–H groups in total. The second kappa shape index (κ2) is 7.99. The van der Waals surface area contributed by atoms with Gasteiger partial charge in [-0.05, 0) is 43.9 Å². The number of amides is 2. The van der Waals surface area contributed by atoms with Crippen molar-refractivity contribution in [3.05, 3.63) is 47.2 Å². The Morgan fingerprint density at radius 3 is 2.89 bits per heavy atom. The molecule has 0 radical (unpaired) electrons. The van der Waals surface area contributed by atoms with Crippen molar-refractivity contribution in [2.24, 2.45) is 5.92 Å². The third-order valence-corrected chi connectivity index (χ3v) is 5.52. The molecular formula is C22H29N3O2. The van der Waals surface area contributed by atoms with Crippen molar-refractivity contribution in [1.29, 1.82) is 0 Å². The molecule has 3 rings (SSSR count). The third-order valence-electron chi connectivity index (χ3n) is 5.52. The van der Waals surface area contributed by atoms with Gasteiger partial charge in [0, 0.05) is 37.1 Å². The smallest absolute Gasteiger partial charge is 0.225 e. The van der Waals surface area contributed by atoms with Gasteiger partial charge in [-0.25, -0.2) is 0 Å². The van der Waals surface area contributed by atoms with E-state index in [0.717, 1.165) is 17.5 Å². The Balaban J connectivity index is 1.74. The molecule has 1 aliphatic heterocycles. The van der Waals surface area contributed by atoms with Crippen molar-refractivity contribution in [2.75, 3.05) is 13.1 Å². The zero-order valence-electron chi connectivity index (χ0n) is 16.5. The minimum atomic E-state index is -0.153. The highest BCUT2D eigenvalue weighted by molar-refractivity contribution is 5.89. The van der Waals surface area contributed by atoms with E-state index in [1.807, 2.05) is 0 Å². The Morgan fingerprint density at radius 1 is 1.41 bits per heavy atom. The molecule has 0 aliphatic carbocycles. The standard InChI is InChI=1S/C22H29N3O2/c1-5-9-25-13-16(7-8-20(25)26)22(27)23-12-17-10-14(3)11-18-15(4)19(6-2)24-21(17)18/h5,10-11,16,24H,1,6-9,12-13H2,2-4H3,(H,23,27)/t16-/m1/s1. The highest BCUT2D eigenvalue weighted by atomic mass is 16.2. The van der Waals surface area contributed by atoms with Gasteiger partial charge in [0.05, 0.1) is 11.4 Å². The number of rotatable bonds is 6. The van der Waals surface area contributed by atoms with Crippen molar-refractivity contribution in [3.63, 3.8) is 0 Å². The average molecular weight is 367 g/mol. The van der Waals surface area contributed by atoms with E-state index in [2.05, 4.69) is 49.8 Å². The van der Waals surface area contributed by atoms with Crippen LogP contribution in [0.5, 0.6) is 0 Å². The number of aryl methyl sites for hydroxylation is 3. The molecule has 1 aromatic carbocycles. The molecule has 2 heterocycles. The lowest BCUT2D eigenvalue weighted by Gasteiger charge is -2.31. The van der Waals surface area contributed by atoms with Crippen LogP contribution >= 0.6 is 0 Å². The Morgan fingerprint density at radius 2 is 2.19 bits per heavy atom. The van der Waals surface area contributed by atoms with E-state index in [4.69, 9.17) is 0 Å². The molecule has 1 aliphatic rings. The fourth-order valence-electron chi connectivity index (χ4n) is 3.99. The molecule has 1 aromatic heterocycles. The summed E-state index contributed by atoms with van der Waals surface area (Å²) < 4.78 is 0. The van der Waals surface area contributed by atoms with Crippen LogP contribution < -0.4 is 5.32 Å². The molecule has 0 bridgehead atoms. The number of H-pyrrole nitrogens is 1. The summed E-state index contributed by atoms with van der Waals surface area (Å²) in [6.45, 7) is 11.5. The highest BCUT2D eigenvalue weighted by Gasteiger charge is 2.29. The van der Waals surface area contributed by atoms with Gasteiger partial charge in [0.2, 0.25) is 11.8 Å². The first kappa shape index (κ1) is 19.2. The summed E-state index contributed by atoms with van der Waals surface area (Å²) in [4.78, 5) is 29.9. The largest absolute Gasteiger partial charge is 0.358 e. The third kappa shape index (κ3) is 3.92. The van der Waals surface area contributed by atoms with Gasteiger partial charge >= 0.3 is 0 Å². The first-order valence-electron chi connectivity index (χ1n) is 9.71. The number of likely N-dealkylation sites (tertiary alicyclic amines) is 1. The molecule has 1 atom stereocenters. The molecule has 0 saturated carbocycles. The molecule has 1 saturated heterocycles. The quantitative estimate of drug-likeness (QED) is 0.769. The lowest BCUT2D eigenvalue weighted by atomic mass is 9.96. The number of nitrogens with zero attached hydrogens (tertiary/aromatic N) is 1. The first-order valence-corrected chi connectivity index (χ1v) is 9.71. The maximum absolute atomic E-state index is 12.7. The number of hydrogen-bond donors (Lipinski definition) is 2. The van der Waals surface area contributed by atoms with Crippen molar-refractivity contribution in [3.8, 4) is 0 Å². The molecule has 27 heavy (non-hydrogen) atoms. The normalized spacial score (nSPS) is 17.4. The molecule has 2 amide bonds. The van der Waals surface area contributed by atoms with E-state index in [0.29, 0.717) is 32.5 Å². The Bertz CT molecular complexity index is 881. The van der Waals surface area contributed by atoms with Crippen LogP contribution in [0.15, 0.2) is 24.8 Å². The Kier molecular flexibility index (Phi) is 5.68. The summed E-state index contributed by atoms with van der Waals surface area (Å²) in [7, 11) is 0. The van der Waals surface area contributed by atoms with Gasteiger partial charge in [0.25, 0.3) is 0 Å². The van der Waals surface area contributed by atoms with E-state index in [1.54, 1.807) is 11.0 Å². The number of hydrogen-bond acceptors (Lipinski definition) is 2. The fourth-order valence-corrected chi connectivity index (χ4v) is 3.99. The summed E-state index contributed by atoms with van der Waals surface area (Å²) in [5.74, 6) is -0.0296. The minimum Gasteiger partial charge on any atom is -0.358 e. The lowest BCUT2D eigenvalue weighted by molar-refractivity contribution is -0.137. The molecule has 1 fully saturated rings. The van der Waals surface area contributed by atoms with Gasteiger partial charge in [-0.2, -0.15) is 0 Å². The maximum Gasteiger partial charge on any atom is 0.225 e. The molecule has 0 spiro atoms. The van der Waals surface area contributed by atoms with Crippen molar-refractivity contribution in [1.82, 2.24) is 15.2 Å². The zero-order valence-corrected chi connectivity index (χ0v) is 16.5. The highest BCUT2D eigenvalue weighted by Crippen LogP contribution is 2.27. The minimum absolute atomic E-state index is 0.0187. The predicted molar refractivity (Wildman–Crippen MR) is 108 cm³/mol. The average Bonchev–Trinajstić information content (AvgIpc) is 2.97.